The maximum absolute atomic E-state index is 12.3. The van der Waals surface area contributed by atoms with Crippen LogP contribution in [0.3, 0.4) is 0 Å². The van der Waals surface area contributed by atoms with E-state index < -0.39 is 5.97 Å². The van der Waals surface area contributed by atoms with Gasteiger partial charge in [0.2, 0.25) is 0 Å². The summed E-state index contributed by atoms with van der Waals surface area (Å²) in [4.78, 5) is 23.7. The highest BCUT2D eigenvalue weighted by Gasteiger charge is 2.23. The number of hydrogen-bond acceptors (Lipinski definition) is 4. The van der Waals surface area contributed by atoms with Gasteiger partial charge in [0.05, 0.1) is 13.2 Å². The number of para-hydroxylation sites is 1. The molecular weight excluding hydrogens is 294 g/mol. The van der Waals surface area contributed by atoms with Gasteiger partial charge in [-0.1, -0.05) is 18.2 Å². The van der Waals surface area contributed by atoms with Crippen LogP contribution in [0.2, 0.25) is 0 Å². The Hall–Kier alpha value is -2.56. The first-order valence-corrected chi connectivity index (χ1v) is 7.62. The summed E-state index contributed by atoms with van der Waals surface area (Å²) in [7, 11) is 1.73. The van der Waals surface area contributed by atoms with Crippen molar-refractivity contribution in [3.05, 3.63) is 53.3 Å². The molecule has 0 radical (unpaired) electrons. The average molecular weight is 313 g/mol. The van der Waals surface area contributed by atoms with Crippen LogP contribution in [0.15, 0.2) is 36.5 Å². The minimum atomic E-state index is -0.413. The van der Waals surface area contributed by atoms with Crippen LogP contribution >= 0.6 is 0 Å². The predicted molar refractivity (Wildman–Crippen MR) is 85.0 cm³/mol. The van der Waals surface area contributed by atoms with Crippen molar-refractivity contribution in [2.45, 2.75) is 19.3 Å². The largest absolute Gasteiger partial charge is 0.493 e. The van der Waals surface area contributed by atoms with Gasteiger partial charge < -0.3 is 14.0 Å². The molecule has 0 bridgehead atoms. The van der Waals surface area contributed by atoms with E-state index in [2.05, 4.69) is 0 Å². The number of aromatic nitrogens is 1. The fourth-order valence-electron chi connectivity index (χ4n) is 2.80. The minimum absolute atomic E-state index is 0.0713. The number of nitrogens with zero attached hydrogens (tertiary/aromatic N) is 1. The number of carbonyl (C=O) groups is 2. The Balaban J connectivity index is 1.69. The van der Waals surface area contributed by atoms with Crippen molar-refractivity contribution in [3.8, 4) is 5.75 Å². The van der Waals surface area contributed by atoms with Crippen LogP contribution in [0.4, 0.5) is 0 Å². The van der Waals surface area contributed by atoms with Crippen molar-refractivity contribution >= 4 is 11.8 Å². The molecule has 2 heterocycles. The molecule has 0 amide bonds. The molecule has 5 heteroatoms. The summed E-state index contributed by atoms with van der Waals surface area (Å²) in [6.07, 6.45) is 2.46. The van der Waals surface area contributed by atoms with Gasteiger partial charge in [0.1, 0.15) is 11.4 Å². The minimum Gasteiger partial charge on any atom is -0.493 e. The summed E-state index contributed by atoms with van der Waals surface area (Å²) in [6, 6.07) is 9.39. The van der Waals surface area contributed by atoms with Gasteiger partial charge in [-0.25, -0.2) is 4.79 Å². The van der Waals surface area contributed by atoms with Gasteiger partial charge in [0.25, 0.3) is 0 Å². The first-order valence-electron chi connectivity index (χ1n) is 7.62. The summed E-state index contributed by atoms with van der Waals surface area (Å²) in [5.41, 5.74) is 1.97. The van der Waals surface area contributed by atoms with Gasteiger partial charge in [-0.05, 0) is 25.5 Å². The standard InChI is InChI=1S/C18H19NO4/c1-12(20)14-9-16(19(2)10-14)18(21)23-11-13-7-8-22-17-6-4-3-5-15(13)17/h3-6,9-10,13H,7-8,11H2,1-2H3/t13-/m1/s1. The Kier molecular flexibility index (Phi) is 4.19. The number of ether oxygens (including phenoxy) is 2. The smallest absolute Gasteiger partial charge is 0.354 e. The first-order chi connectivity index (χ1) is 11.1. The first kappa shape index (κ1) is 15.3. The molecule has 0 N–H and O–H groups in total. The maximum Gasteiger partial charge on any atom is 0.354 e. The van der Waals surface area contributed by atoms with E-state index in [-0.39, 0.29) is 11.7 Å². The molecule has 0 saturated heterocycles. The number of esters is 1. The lowest BCUT2D eigenvalue weighted by Gasteiger charge is -2.25. The van der Waals surface area contributed by atoms with Crippen LogP contribution in [0.5, 0.6) is 5.75 Å². The number of aryl methyl sites for hydroxylation is 1. The summed E-state index contributed by atoms with van der Waals surface area (Å²) in [5.74, 6) is 0.510. The monoisotopic (exact) mass is 313 g/mol. The fraction of sp³-hybridized carbons (Fsp3) is 0.333. The number of rotatable bonds is 4. The molecule has 3 rings (SSSR count). The summed E-state index contributed by atoms with van der Waals surface area (Å²) >= 11 is 0. The molecule has 1 aromatic heterocycles. The van der Waals surface area contributed by atoms with Gasteiger partial charge in [-0.15, -0.1) is 0 Å². The van der Waals surface area contributed by atoms with Crippen LogP contribution in [0.25, 0.3) is 0 Å². The average Bonchev–Trinajstić information content (AvgIpc) is 2.95. The molecule has 5 nitrogen and oxygen atoms in total. The zero-order valence-electron chi connectivity index (χ0n) is 13.2. The third kappa shape index (κ3) is 3.13. The summed E-state index contributed by atoms with van der Waals surface area (Å²) < 4.78 is 12.7. The van der Waals surface area contributed by atoms with Crippen molar-refractivity contribution < 1.29 is 19.1 Å². The van der Waals surface area contributed by atoms with Gasteiger partial charge in [-0.3, -0.25) is 4.79 Å². The molecule has 0 aliphatic carbocycles. The molecule has 2 aromatic rings. The molecule has 0 fully saturated rings. The number of carbonyl (C=O) groups excluding carboxylic acids is 2. The van der Waals surface area contributed by atoms with E-state index >= 15 is 0 Å². The normalized spacial score (nSPS) is 16.3. The molecule has 0 spiro atoms. The second-order valence-electron chi connectivity index (χ2n) is 5.75. The topological polar surface area (TPSA) is 57.5 Å². The molecule has 23 heavy (non-hydrogen) atoms. The molecule has 1 aliphatic rings. The zero-order valence-corrected chi connectivity index (χ0v) is 13.2. The number of benzene rings is 1. The molecule has 120 valence electrons. The maximum atomic E-state index is 12.3. The molecule has 0 unspecified atom stereocenters. The Morgan fingerprint density at radius 2 is 2.13 bits per heavy atom. The van der Waals surface area contributed by atoms with E-state index in [0.717, 1.165) is 17.7 Å². The lowest BCUT2D eigenvalue weighted by Crippen LogP contribution is -2.20. The van der Waals surface area contributed by atoms with E-state index in [9.17, 15) is 9.59 Å². The fourth-order valence-corrected chi connectivity index (χ4v) is 2.80. The van der Waals surface area contributed by atoms with Crippen LogP contribution < -0.4 is 4.74 Å². The second-order valence-corrected chi connectivity index (χ2v) is 5.75. The third-order valence-electron chi connectivity index (χ3n) is 4.12. The SMILES string of the molecule is CC(=O)c1cc(C(=O)OC[C@H]2CCOc3ccccc32)n(C)c1. The van der Waals surface area contributed by atoms with Gasteiger partial charge in [0.15, 0.2) is 5.78 Å². The Morgan fingerprint density at radius 1 is 1.35 bits per heavy atom. The molecule has 1 atom stereocenters. The van der Waals surface area contributed by atoms with Crippen LogP contribution in [0.1, 0.15) is 45.7 Å². The summed E-state index contributed by atoms with van der Waals surface area (Å²) in [6.45, 7) is 2.40. The zero-order chi connectivity index (χ0) is 16.4. The lowest BCUT2D eigenvalue weighted by molar-refractivity contribution is 0.0448. The van der Waals surface area contributed by atoms with Gasteiger partial charge in [0, 0.05) is 30.3 Å². The third-order valence-corrected chi connectivity index (χ3v) is 4.12. The molecule has 1 aromatic carbocycles. The summed E-state index contributed by atoms with van der Waals surface area (Å²) in [5, 5.41) is 0. The van der Waals surface area contributed by atoms with E-state index in [1.54, 1.807) is 23.9 Å². The van der Waals surface area contributed by atoms with Crippen LogP contribution in [0, 0.1) is 0 Å². The van der Waals surface area contributed by atoms with Crippen molar-refractivity contribution in [1.29, 1.82) is 0 Å². The van der Waals surface area contributed by atoms with E-state index in [1.807, 2.05) is 24.3 Å². The Bertz CT molecular complexity index is 747. The van der Waals surface area contributed by atoms with Crippen molar-refractivity contribution in [2.75, 3.05) is 13.2 Å². The van der Waals surface area contributed by atoms with Crippen molar-refractivity contribution in [1.82, 2.24) is 4.57 Å². The predicted octanol–water partition coefficient (Wildman–Crippen LogP) is 2.95. The van der Waals surface area contributed by atoms with E-state index in [4.69, 9.17) is 9.47 Å². The number of Topliss-reactive ketones (excluding diaryl/α,β-unsaturated/α-hetero) is 1. The van der Waals surface area contributed by atoms with Gasteiger partial charge >= 0.3 is 5.97 Å². The van der Waals surface area contributed by atoms with Crippen molar-refractivity contribution in [3.63, 3.8) is 0 Å². The van der Waals surface area contributed by atoms with Crippen LogP contribution in [-0.4, -0.2) is 29.5 Å². The van der Waals surface area contributed by atoms with Crippen molar-refractivity contribution in [2.24, 2.45) is 7.05 Å². The van der Waals surface area contributed by atoms with Gasteiger partial charge in [-0.2, -0.15) is 0 Å². The quantitative estimate of drug-likeness (QED) is 0.643. The number of ketones is 1. The van der Waals surface area contributed by atoms with E-state index in [1.165, 1.54) is 6.92 Å². The molecule has 0 saturated carbocycles. The molecular formula is C18H19NO4. The number of fused-ring (bicyclic) bond motifs is 1. The highest BCUT2D eigenvalue weighted by atomic mass is 16.5. The molecule has 1 aliphatic heterocycles. The Labute approximate surface area is 134 Å². The highest BCUT2D eigenvalue weighted by Crippen LogP contribution is 2.33. The Morgan fingerprint density at radius 3 is 2.87 bits per heavy atom. The number of hydrogen-bond donors (Lipinski definition) is 0. The van der Waals surface area contributed by atoms with E-state index in [0.29, 0.717) is 24.5 Å². The second kappa shape index (κ2) is 6.28. The lowest BCUT2D eigenvalue weighted by atomic mass is 9.94. The highest BCUT2D eigenvalue weighted by molar-refractivity contribution is 5.97. The van der Waals surface area contributed by atoms with Crippen LogP contribution in [-0.2, 0) is 11.8 Å².